The van der Waals surface area contributed by atoms with Crippen LogP contribution in [0.1, 0.15) is 44.2 Å². The molecule has 180 valence electrons. The summed E-state index contributed by atoms with van der Waals surface area (Å²) in [7, 11) is 0. The minimum atomic E-state index is -0.000579. The van der Waals surface area contributed by atoms with E-state index in [0.717, 1.165) is 27.5 Å². The topological polar surface area (TPSA) is 13.1 Å². The molecular formula is C36H30O. The average molecular weight is 479 g/mol. The maximum atomic E-state index is 6.31. The molecule has 0 aliphatic heterocycles. The SMILES string of the molecule is C1CC1.CC1(C)c2ccccc2-c2ccc(-c3cccc(-c4cccc5c4oc4ccccc45)c3)cc21. The lowest BCUT2D eigenvalue weighted by molar-refractivity contribution is 0.660. The van der Waals surface area contributed by atoms with Gasteiger partial charge in [-0.1, -0.05) is 124 Å². The smallest absolute Gasteiger partial charge is 0.143 e. The molecule has 0 amide bonds. The Morgan fingerprint density at radius 1 is 0.514 bits per heavy atom. The molecule has 0 atom stereocenters. The van der Waals surface area contributed by atoms with Crippen LogP contribution in [0.2, 0.25) is 0 Å². The molecule has 0 radical (unpaired) electrons. The summed E-state index contributed by atoms with van der Waals surface area (Å²) in [6, 6.07) is 39.3. The lowest BCUT2D eigenvalue weighted by Crippen LogP contribution is -2.14. The number of fused-ring (bicyclic) bond motifs is 6. The molecular weight excluding hydrogens is 448 g/mol. The lowest BCUT2D eigenvalue weighted by atomic mass is 9.81. The number of hydrogen-bond acceptors (Lipinski definition) is 1. The van der Waals surface area contributed by atoms with Crippen LogP contribution < -0.4 is 0 Å². The quantitative estimate of drug-likeness (QED) is 0.241. The first-order valence-electron chi connectivity index (χ1n) is 13.4. The van der Waals surface area contributed by atoms with Crippen LogP contribution in [0.5, 0.6) is 0 Å². The highest BCUT2D eigenvalue weighted by Crippen LogP contribution is 2.49. The van der Waals surface area contributed by atoms with E-state index in [0.29, 0.717) is 0 Å². The number of benzene rings is 5. The molecule has 1 heterocycles. The highest BCUT2D eigenvalue weighted by molar-refractivity contribution is 6.09. The van der Waals surface area contributed by atoms with E-state index in [-0.39, 0.29) is 5.41 Å². The zero-order valence-corrected chi connectivity index (χ0v) is 21.4. The summed E-state index contributed by atoms with van der Waals surface area (Å²) in [5.74, 6) is 0. The predicted molar refractivity (Wildman–Crippen MR) is 156 cm³/mol. The Balaban J connectivity index is 0.000000721. The molecule has 1 heteroatoms. The average Bonchev–Trinajstić information content (AvgIpc) is 3.76. The van der Waals surface area contributed by atoms with Crippen LogP contribution in [0.25, 0.3) is 55.3 Å². The first-order chi connectivity index (χ1) is 18.1. The van der Waals surface area contributed by atoms with Gasteiger partial charge in [-0.2, -0.15) is 0 Å². The van der Waals surface area contributed by atoms with Crippen molar-refractivity contribution in [3.8, 4) is 33.4 Å². The van der Waals surface area contributed by atoms with Crippen molar-refractivity contribution in [1.82, 2.24) is 0 Å². The summed E-state index contributed by atoms with van der Waals surface area (Å²) >= 11 is 0. The molecule has 1 fully saturated rings. The predicted octanol–water partition coefficient (Wildman–Crippen LogP) is 10.4. The Labute approximate surface area is 218 Å². The molecule has 0 spiro atoms. The molecule has 37 heavy (non-hydrogen) atoms. The molecule has 0 N–H and O–H groups in total. The van der Waals surface area contributed by atoms with Crippen LogP contribution in [0.15, 0.2) is 114 Å². The number of para-hydroxylation sites is 2. The summed E-state index contributed by atoms with van der Waals surface area (Å²) in [4.78, 5) is 0. The molecule has 0 unspecified atom stereocenters. The Morgan fingerprint density at radius 2 is 1.16 bits per heavy atom. The van der Waals surface area contributed by atoms with E-state index >= 15 is 0 Å². The normalized spacial score (nSPS) is 14.6. The van der Waals surface area contributed by atoms with Crippen molar-refractivity contribution in [3.63, 3.8) is 0 Å². The van der Waals surface area contributed by atoms with Crippen molar-refractivity contribution < 1.29 is 4.42 Å². The fraction of sp³-hybridized carbons (Fsp3) is 0.167. The van der Waals surface area contributed by atoms with E-state index in [9.17, 15) is 0 Å². The van der Waals surface area contributed by atoms with E-state index in [4.69, 9.17) is 4.42 Å². The van der Waals surface area contributed by atoms with Crippen molar-refractivity contribution in [3.05, 3.63) is 120 Å². The second kappa shape index (κ2) is 8.49. The molecule has 1 aromatic heterocycles. The monoisotopic (exact) mass is 478 g/mol. The van der Waals surface area contributed by atoms with Gasteiger partial charge in [0.05, 0.1) is 0 Å². The van der Waals surface area contributed by atoms with Gasteiger partial charge in [0.1, 0.15) is 11.2 Å². The van der Waals surface area contributed by atoms with E-state index < -0.39 is 0 Å². The molecule has 2 aliphatic carbocycles. The summed E-state index contributed by atoms with van der Waals surface area (Å²) < 4.78 is 6.31. The van der Waals surface area contributed by atoms with Crippen molar-refractivity contribution in [1.29, 1.82) is 0 Å². The lowest BCUT2D eigenvalue weighted by Gasteiger charge is -2.22. The maximum absolute atomic E-state index is 6.31. The highest BCUT2D eigenvalue weighted by Gasteiger charge is 2.35. The largest absolute Gasteiger partial charge is 0.455 e. The minimum absolute atomic E-state index is 0.000579. The van der Waals surface area contributed by atoms with Gasteiger partial charge in [0.25, 0.3) is 0 Å². The van der Waals surface area contributed by atoms with Gasteiger partial charge < -0.3 is 4.42 Å². The van der Waals surface area contributed by atoms with Crippen LogP contribution in [-0.2, 0) is 5.41 Å². The fourth-order valence-corrected chi connectivity index (χ4v) is 5.72. The number of rotatable bonds is 2. The molecule has 0 bridgehead atoms. The van der Waals surface area contributed by atoms with Gasteiger partial charge in [0, 0.05) is 21.8 Å². The molecule has 2 aliphatic rings. The second-order valence-corrected chi connectivity index (χ2v) is 10.9. The van der Waals surface area contributed by atoms with Crippen molar-refractivity contribution in [2.45, 2.75) is 38.5 Å². The van der Waals surface area contributed by atoms with E-state index in [2.05, 4.69) is 111 Å². The van der Waals surface area contributed by atoms with Gasteiger partial charge in [-0.05, 0) is 57.1 Å². The third kappa shape index (κ3) is 3.69. The van der Waals surface area contributed by atoms with Crippen LogP contribution >= 0.6 is 0 Å². The van der Waals surface area contributed by atoms with Crippen molar-refractivity contribution >= 4 is 21.9 Å². The summed E-state index contributed by atoms with van der Waals surface area (Å²) in [6.45, 7) is 4.67. The molecule has 1 saturated carbocycles. The Kier molecular flexibility index (Phi) is 5.08. The van der Waals surface area contributed by atoms with Gasteiger partial charge in [-0.15, -0.1) is 0 Å². The molecule has 5 aromatic carbocycles. The fourth-order valence-electron chi connectivity index (χ4n) is 5.72. The zero-order chi connectivity index (χ0) is 25.0. The van der Waals surface area contributed by atoms with Crippen LogP contribution in [0, 0.1) is 0 Å². The third-order valence-corrected chi connectivity index (χ3v) is 7.85. The van der Waals surface area contributed by atoms with E-state index in [1.54, 1.807) is 0 Å². The Bertz CT molecular complexity index is 1780. The molecule has 1 nitrogen and oxygen atoms in total. The number of hydrogen-bond donors (Lipinski definition) is 0. The highest BCUT2D eigenvalue weighted by atomic mass is 16.3. The van der Waals surface area contributed by atoms with Gasteiger partial charge in [0.2, 0.25) is 0 Å². The minimum Gasteiger partial charge on any atom is -0.455 e. The maximum Gasteiger partial charge on any atom is 0.143 e. The van der Waals surface area contributed by atoms with Gasteiger partial charge in [-0.25, -0.2) is 0 Å². The molecule has 6 aromatic rings. The van der Waals surface area contributed by atoms with Crippen molar-refractivity contribution in [2.24, 2.45) is 0 Å². The summed E-state index contributed by atoms with van der Waals surface area (Å²) in [6.07, 6.45) is 4.50. The van der Waals surface area contributed by atoms with E-state index in [1.807, 2.05) is 12.1 Å². The zero-order valence-electron chi connectivity index (χ0n) is 21.4. The summed E-state index contributed by atoms with van der Waals surface area (Å²) in [5.41, 5.74) is 12.2. The van der Waals surface area contributed by atoms with Crippen molar-refractivity contribution in [2.75, 3.05) is 0 Å². The van der Waals surface area contributed by atoms with Crippen LogP contribution in [0.3, 0.4) is 0 Å². The second-order valence-electron chi connectivity index (χ2n) is 10.9. The number of furan rings is 1. The van der Waals surface area contributed by atoms with Gasteiger partial charge in [-0.3, -0.25) is 0 Å². The van der Waals surface area contributed by atoms with Crippen LogP contribution in [-0.4, -0.2) is 0 Å². The Hall–Kier alpha value is -4.10. The summed E-state index contributed by atoms with van der Waals surface area (Å²) in [5, 5.41) is 2.33. The standard InChI is InChI=1S/C33H24O.C3H6/c1-33(2)29-15-5-3-11-25(29)26-18-17-22(20-30(26)33)21-9-7-10-23(19-21)24-13-8-14-28-27-12-4-6-16-31(27)34-32(24)28;1-2-3-1/h3-20H,1-2H3;1-3H2. The Morgan fingerprint density at radius 3 is 2.03 bits per heavy atom. The third-order valence-electron chi connectivity index (χ3n) is 7.85. The first kappa shape index (κ1) is 22.1. The first-order valence-corrected chi connectivity index (χ1v) is 13.4. The van der Waals surface area contributed by atoms with Crippen LogP contribution in [0.4, 0.5) is 0 Å². The molecule has 8 rings (SSSR count). The molecule has 0 saturated heterocycles. The van der Waals surface area contributed by atoms with E-state index in [1.165, 1.54) is 58.2 Å². The van der Waals surface area contributed by atoms with Gasteiger partial charge >= 0.3 is 0 Å². The van der Waals surface area contributed by atoms with Gasteiger partial charge in [0.15, 0.2) is 0 Å².